The van der Waals surface area contributed by atoms with Crippen molar-refractivity contribution in [3.63, 3.8) is 0 Å². The third-order valence-electron chi connectivity index (χ3n) is 4.97. The molecule has 1 aromatic heterocycles. The number of esters is 1. The lowest BCUT2D eigenvalue weighted by atomic mass is 10.1. The molecule has 174 valence electrons. The van der Waals surface area contributed by atoms with Crippen molar-refractivity contribution < 1.29 is 14.3 Å². The molecule has 0 spiro atoms. The lowest BCUT2D eigenvalue weighted by Gasteiger charge is -2.09. The lowest BCUT2D eigenvalue weighted by molar-refractivity contribution is 0.0515. The monoisotopic (exact) mass is 513 g/mol. The van der Waals surface area contributed by atoms with Crippen molar-refractivity contribution in [2.75, 3.05) is 13.7 Å². The molecule has 0 N–H and O–H groups in total. The highest BCUT2D eigenvalue weighted by atomic mass is 35.5. The van der Waals surface area contributed by atoms with Crippen molar-refractivity contribution in [2.45, 2.75) is 23.4 Å². The van der Waals surface area contributed by atoms with Crippen molar-refractivity contribution in [2.24, 2.45) is 0 Å². The zero-order valence-electron chi connectivity index (χ0n) is 18.5. The summed E-state index contributed by atoms with van der Waals surface area (Å²) in [7, 11) is 1.62. The molecule has 0 radical (unpaired) electrons. The number of ether oxygens (including phenoxy) is 2. The molecule has 9 heteroatoms. The highest BCUT2D eigenvalue weighted by molar-refractivity contribution is 7.99. The van der Waals surface area contributed by atoms with Gasteiger partial charge in [-0.1, -0.05) is 70.5 Å². The Morgan fingerprint density at radius 2 is 1.68 bits per heavy atom. The van der Waals surface area contributed by atoms with Gasteiger partial charge in [0, 0.05) is 4.90 Å². The summed E-state index contributed by atoms with van der Waals surface area (Å²) >= 11 is 13.6. The van der Waals surface area contributed by atoms with Crippen LogP contribution in [-0.4, -0.2) is 34.7 Å². The molecule has 0 fully saturated rings. The molecule has 34 heavy (non-hydrogen) atoms. The van der Waals surface area contributed by atoms with Crippen LogP contribution in [0, 0.1) is 0 Å². The highest BCUT2D eigenvalue weighted by Gasteiger charge is 2.22. The van der Waals surface area contributed by atoms with Crippen molar-refractivity contribution in [3.8, 4) is 16.9 Å². The molecule has 0 bridgehead atoms. The Bertz CT molecular complexity index is 1290. The molecule has 0 amide bonds. The summed E-state index contributed by atoms with van der Waals surface area (Å²) < 4.78 is 12.1. The summed E-state index contributed by atoms with van der Waals surface area (Å²) in [6.45, 7) is 2.46. The second-order valence-electron chi connectivity index (χ2n) is 7.22. The van der Waals surface area contributed by atoms with Crippen LogP contribution in [0.5, 0.6) is 5.75 Å². The molecular weight excluding hydrogens is 493 g/mol. The largest absolute Gasteiger partial charge is 0.497 e. The smallest absolute Gasteiger partial charge is 0.361 e. The Morgan fingerprint density at radius 3 is 2.32 bits per heavy atom. The molecule has 6 nitrogen and oxygen atoms in total. The van der Waals surface area contributed by atoms with E-state index in [9.17, 15) is 4.79 Å². The standard InChI is InChI=1S/C25H21Cl2N3O3S/c1-3-33-25(31)23-24(30(29-28-23)15-16-4-9-19(32-2)10-5-16)34-20-11-6-17(7-12-20)18-8-13-21(26)22(27)14-18/h4-14H,3,15H2,1-2H3. The summed E-state index contributed by atoms with van der Waals surface area (Å²) in [6.07, 6.45) is 0. The van der Waals surface area contributed by atoms with Gasteiger partial charge in [0.25, 0.3) is 0 Å². The molecule has 0 aliphatic rings. The molecular formula is C25H21Cl2N3O3S. The van der Waals surface area contributed by atoms with E-state index in [1.165, 1.54) is 11.8 Å². The van der Waals surface area contributed by atoms with Gasteiger partial charge in [-0.15, -0.1) is 5.10 Å². The Balaban J connectivity index is 1.61. The number of hydrogen-bond donors (Lipinski definition) is 0. The molecule has 4 rings (SSSR count). The molecule has 3 aromatic carbocycles. The molecule has 0 atom stereocenters. The van der Waals surface area contributed by atoms with Gasteiger partial charge in [0.1, 0.15) is 10.8 Å². The fourth-order valence-corrected chi connectivity index (χ4v) is 4.46. The van der Waals surface area contributed by atoms with E-state index in [-0.39, 0.29) is 12.3 Å². The van der Waals surface area contributed by atoms with Gasteiger partial charge in [0.2, 0.25) is 5.69 Å². The number of carbonyl (C=O) groups excluding carboxylic acids is 1. The van der Waals surface area contributed by atoms with Crippen molar-refractivity contribution in [1.82, 2.24) is 15.0 Å². The van der Waals surface area contributed by atoms with Gasteiger partial charge < -0.3 is 9.47 Å². The third kappa shape index (κ3) is 5.55. The average Bonchev–Trinajstić information content (AvgIpc) is 3.24. The minimum absolute atomic E-state index is 0.189. The number of benzene rings is 3. The fourth-order valence-electron chi connectivity index (χ4n) is 3.24. The van der Waals surface area contributed by atoms with Gasteiger partial charge >= 0.3 is 5.97 Å². The Hall–Kier alpha value is -3.00. The number of rotatable bonds is 8. The van der Waals surface area contributed by atoms with Crippen LogP contribution < -0.4 is 4.74 Å². The zero-order chi connectivity index (χ0) is 24.1. The van der Waals surface area contributed by atoms with Crippen LogP contribution >= 0.6 is 35.0 Å². The van der Waals surface area contributed by atoms with Crippen LogP contribution in [0.25, 0.3) is 11.1 Å². The fraction of sp³-hybridized carbons (Fsp3) is 0.160. The van der Waals surface area contributed by atoms with E-state index >= 15 is 0 Å². The third-order valence-corrected chi connectivity index (χ3v) is 6.82. The van der Waals surface area contributed by atoms with Gasteiger partial charge in [-0.3, -0.25) is 0 Å². The molecule has 1 heterocycles. The van der Waals surface area contributed by atoms with Crippen LogP contribution in [0.2, 0.25) is 10.0 Å². The highest BCUT2D eigenvalue weighted by Crippen LogP contribution is 2.33. The SMILES string of the molecule is CCOC(=O)c1nnn(Cc2ccc(OC)cc2)c1Sc1ccc(-c2ccc(Cl)c(Cl)c2)cc1. The number of halogens is 2. The number of carbonyl (C=O) groups is 1. The maximum Gasteiger partial charge on any atom is 0.361 e. The average molecular weight is 514 g/mol. The van der Waals surface area contributed by atoms with Gasteiger partial charge in [-0.25, -0.2) is 9.48 Å². The normalized spacial score (nSPS) is 10.8. The number of methoxy groups -OCH3 is 1. The Morgan fingerprint density at radius 1 is 0.971 bits per heavy atom. The van der Waals surface area contributed by atoms with E-state index < -0.39 is 5.97 Å². The van der Waals surface area contributed by atoms with E-state index in [1.807, 2.05) is 60.7 Å². The first-order chi connectivity index (χ1) is 16.5. The zero-order valence-corrected chi connectivity index (χ0v) is 20.8. The van der Waals surface area contributed by atoms with E-state index in [0.29, 0.717) is 21.6 Å². The summed E-state index contributed by atoms with van der Waals surface area (Å²) in [5, 5.41) is 9.96. The summed E-state index contributed by atoms with van der Waals surface area (Å²) in [4.78, 5) is 13.4. The van der Waals surface area contributed by atoms with Crippen LogP contribution in [0.1, 0.15) is 23.0 Å². The number of aromatic nitrogens is 3. The first-order valence-corrected chi connectivity index (χ1v) is 12.0. The van der Waals surface area contributed by atoms with E-state index in [2.05, 4.69) is 10.3 Å². The summed E-state index contributed by atoms with van der Waals surface area (Å²) in [5.74, 6) is 0.268. The summed E-state index contributed by atoms with van der Waals surface area (Å²) in [6, 6.07) is 21.1. The van der Waals surface area contributed by atoms with Crippen LogP contribution in [-0.2, 0) is 11.3 Å². The molecule has 0 aliphatic heterocycles. The lowest BCUT2D eigenvalue weighted by Crippen LogP contribution is -2.08. The Kier molecular flexibility index (Phi) is 7.77. The van der Waals surface area contributed by atoms with E-state index in [1.54, 1.807) is 24.8 Å². The molecule has 0 unspecified atom stereocenters. The Labute approximate surface area is 211 Å². The van der Waals surface area contributed by atoms with Crippen LogP contribution in [0.15, 0.2) is 76.7 Å². The molecule has 0 saturated carbocycles. The summed E-state index contributed by atoms with van der Waals surface area (Å²) in [5.41, 5.74) is 3.15. The topological polar surface area (TPSA) is 66.2 Å². The maximum atomic E-state index is 12.5. The predicted octanol–water partition coefficient (Wildman–Crippen LogP) is 6.64. The predicted molar refractivity (Wildman–Crippen MR) is 134 cm³/mol. The van der Waals surface area contributed by atoms with Gasteiger partial charge in [-0.05, 0) is 60.0 Å². The first kappa shape index (κ1) is 24.1. The van der Waals surface area contributed by atoms with Crippen molar-refractivity contribution >= 4 is 40.9 Å². The second-order valence-corrected chi connectivity index (χ2v) is 9.10. The first-order valence-electron chi connectivity index (χ1n) is 10.5. The van der Waals surface area contributed by atoms with Crippen LogP contribution in [0.4, 0.5) is 0 Å². The number of nitrogens with zero attached hydrogens (tertiary/aromatic N) is 3. The molecule has 0 saturated heterocycles. The van der Waals surface area contributed by atoms with Gasteiger partial charge in [0.15, 0.2) is 0 Å². The number of hydrogen-bond acceptors (Lipinski definition) is 6. The minimum Gasteiger partial charge on any atom is -0.497 e. The van der Waals surface area contributed by atoms with Crippen LogP contribution in [0.3, 0.4) is 0 Å². The minimum atomic E-state index is -0.501. The maximum absolute atomic E-state index is 12.5. The van der Waals surface area contributed by atoms with E-state index in [4.69, 9.17) is 32.7 Å². The quantitative estimate of drug-likeness (QED) is 0.246. The second kappa shape index (κ2) is 11.0. The van der Waals surface area contributed by atoms with Gasteiger partial charge in [0.05, 0.1) is 30.3 Å². The molecule has 4 aromatic rings. The molecule has 0 aliphatic carbocycles. The van der Waals surface area contributed by atoms with E-state index in [0.717, 1.165) is 27.3 Å². The van der Waals surface area contributed by atoms with Crippen molar-refractivity contribution in [3.05, 3.63) is 88.0 Å². The van der Waals surface area contributed by atoms with Gasteiger partial charge in [-0.2, -0.15) is 0 Å². The van der Waals surface area contributed by atoms with Crippen molar-refractivity contribution in [1.29, 1.82) is 0 Å².